The van der Waals surface area contributed by atoms with Crippen molar-refractivity contribution in [3.63, 3.8) is 0 Å². The van der Waals surface area contributed by atoms with Crippen LogP contribution in [0.3, 0.4) is 0 Å². The number of hydrogen-bond donors (Lipinski definition) is 5. The monoisotopic (exact) mass is 318 g/mol. The molecule has 0 saturated heterocycles. The van der Waals surface area contributed by atoms with E-state index in [1.165, 1.54) is 12.1 Å². The third kappa shape index (κ3) is 4.45. The van der Waals surface area contributed by atoms with Gasteiger partial charge in [-0.3, -0.25) is 0 Å². The molecule has 2 aromatic rings. The van der Waals surface area contributed by atoms with Gasteiger partial charge in [-0.15, -0.1) is 0 Å². The summed E-state index contributed by atoms with van der Waals surface area (Å²) in [5.74, 6) is -0.423. The van der Waals surface area contributed by atoms with Gasteiger partial charge in [0, 0.05) is 18.9 Å². The molecule has 2 unspecified atom stereocenters. The number of benzene rings is 2. The fraction of sp³-hybridized carbons (Fsp3) is 0.333. The molecule has 0 saturated carbocycles. The molecular formula is C18H22O5. The third-order valence-electron chi connectivity index (χ3n) is 4.07. The summed E-state index contributed by atoms with van der Waals surface area (Å²) in [7, 11) is 0. The number of aliphatic hydroxyl groups is 3. The zero-order chi connectivity index (χ0) is 16.9. The lowest BCUT2D eigenvalue weighted by Gasteiger charge is -2.34. The van der Waals surface area contributed by atoms with Crippen molar-refractivity contribution in [3.8, 4) is 11.5 Å². The molecule has 0 fully saturated rings. The van der Waals surface area contributed by atoms with Crippen molar-refractivity contribution in [2.45, 2.75) is 18.4 Å². The quantitative estimate of drug-likeness (QED) is 0.528. The van der Waals surface area contributed by atoms with E-state index >= 15 is 0 Å². The van der Waals surface area contributed by atoms with Gasteiger partial charge in [0.25, 0.3) is 0 Å². The van der Waals surface area contributed by atoms with Crippen LogP contribution in [0, 0.1) is 5.92 Å². The zero-order valence-corrected chi connectivity index (χ0v) is 12.8. The molecule has 0 heterocycles. The maximum absolute atomic E-state index is 10.8. The predicted octanol–water partition coefficient (Wildman–Crippen LogP) is 1.21. The molecule has 124 valence electrons. The molecule has 0 aliphatic rings. The highest BCUT2D eigenvalue weighted by molar-refractivity contribution is 5.30. The van der Waals surface area contributed by atoms with Crippen molar-refractivity contribution >= 4 is 0 Å². The van der Waals surface area contributed by atoms with Crippen LogP contribution in [0.2, 0.25) is 0 Å². The molecular weight excluding hydrogens is 296 g/mol. The van der Waals surface area contributed by atoms with E-state index in [2.05, 4.69) is 0 Å². The summed E-state index contributed by atoms with van der Waals surface area (Å²) in [5, 5.41) is 49.2. The highest BCUT2D eigenvalue weighted by Crippen LogP contribution is 2.28. The van der Waals surface area contributed by atoms with Crippen LogP contribution >= 0.6 is 0 Å². The first-order valence-corrected chi connectivity index (χ1v) is 7.47. The van der Waals surface area contributed by atoms with Crippen LogP contribution in [0.4, 0.5) is 0 Å². The van der Waals surface area contributed by atoms with Gasteiger partial charge < -0.3 is 25.5 Å². The summed E-state index contributed by atoms with van der Waals surface area (Å²) in [6.45, 7) is -0.835. The molecule has 0 bridgehead atoms. The lowest BCUT2D eigenvalue weighted by Crippen LogP contribution is -2.46. The fourth-order valence-electron chi connectivity index (χ4n) is 2.74. The van der Waals surface area contributed by atoms with Crippen molar-refractivity contribution in [3.05, 3.63) is 59.7 Å². The first kappa shape index (κ1) is 17.3. The van der Waals surface area contributed by atoms with Gasteiger partial charge in [-0.05, 0) is 41.8 Å². The second kappa shape index (κ2) is 7.46. The molecule has 0 aromatic heterocycles. The van der Waals surface area contributed by atoms with Crippen LogP contribution in [0.15, 0.2) is 48.5 Å². The summed E-state index contributed by atoms with van der Waals surface area (Å²) in [6, 6.07) is 13.0. The van der Waals surface area contributed by atoms with Crippen molar-refractivity contribution in [2.75, 3.05) is 13.2 Å². The lowest BCUT2D eigenvalue weighted by atomic mass is 9.79. The van der Waals surface area contributed by atoms with E-state index in [4.69, 9.17) is 0 Å². The Morgan fingerprint density at radius 1 is 0.870 bits per heavy atom. The molecule has 5 heteroatoms. The van der Waals surface area contributed by atoms with Crippen LogP contribution in [-0.4, -0.2) is 44.3 Å². The summed E-state index contributed by atoms with van der Waals surface area (Å²) in [4.78, 5) is 0. The maximum atomic E-state index is 10.8. The first-order valence-electron chi connectivity index (χ1n) is 7.47. The minimum absolute atomic E-state index is 0.0799. The average Bonchev–Trinajstić information content (AvgIpc) is 2.52. The van der Waals surface area contributed by atoms with Crippen LogP contribution < -0.4 is 0 Å². The largest absolute Gasteiger partial charge is 0.508 e. The number of rotatable bonds is 7. The van der Waals surface area contributed by atoms with Gasteiger partial charge in [-0.25, -0.2) is 0 Å². The van der Waals surface area contributed by atoms with Crippen molar-refractivity contribution in [2.24, 2.45) is 5.92 Å². The van der Waals surface area contributed by atoms with Gasteiger partial charge in [0.15, 0.2) is 0 Å². The van der Waals surface area contributed by atoms with Gasteiger partial charge >= 0.3 is 0 Å². The van der Waals surface area contributed by atoms with Crippen molar-refractivity contribution in [1.29, 1.82) is 0 Å². The Bertz CT molecular complexity index is 643. The number of aromatic hydroxyl groups is 2. The Morgan fingerprint density at radius 3 is 1.96 bits per heavy atom. The highest BCUT2D eigenvalue weighted by atomic mass is 16.3. The number of phenolic OH excluding ortho intramolecular Hbond substituents is 2. The Kier molecular flexibility index (Phi) is 5.60. The molecule has 0 aliphatic carbocycles. The van der Waals surface area contributed by atoms with Crippen molar-refractivity contribution in [1.82, 2.24) is 0 Å². The molecule has 5 nitrogen and oxygen atoms in total. The molecule has 0 spiro atoms. The predicted molar refractivity (Wildman–Crippen MR) is 86.2 cm³/mol. The summed E-state index contributed by atoms with van der Waals surface area (Å²) in [5.41, 5.74) is -0.115. The maximum Gasteiger partial charge on any atom is 0.115 e. The van der Waals surface area contributed by atoms with E-state index in [1.54, 1.807) is 36.4 Å². The third-order valence-corrected chi connectivity index (χ3v) is 4.07. The summed E-state index contributed by atoms with van der Waals surface area (Å²) < 4.78 is 0. The van der Waals surface area contributed by atoms with Gasteiger partial charge in [-0.1, -0.05) is 24.3 Å². The topological polar surface area (TPSA) is 101 Å². The second-order valence-corrected chi connectivity index (χ2v) is 5.86. The van der Waals surface area contributed by atoms with Crippen LogP contribution in [-0.2, 0) is 12.8 Å². The highest BCUT2D eigenvalue weighted by Gasteiger charge is 2.36. The summed E-state index contributed by atoms with van der Waals surface area (Å²) >= 11 is 0. The van der Waals surface area contributed by atoms with E-state index in [9.17, 15) is 25.5 Å². The number of phenols is 2. The van der Waals surface area contributed by atoms with Crippen molar-refractivity contribution < 1.29 is 25.5 Å². The first-order chi connectivity index (χ1) is 11.0. The van der Waals surface area contributed by atoms with E-state index in [1.807, 2.05) is 0 Å². The smallest absolute Gasteiger partial charge is 0.115 e. The normalized spacial score (nSPS) is 15.1. The van der Waals surface area contributed by atoms with E-state index in [0.717, 1.165) is 5.56 Å². The SMILES string of the molecule is OCC(Cc1cccc(O)c1)C(O)(CO)Cc1cccc(O)c1. The Morgan fingerprint density at radius 2 is 1.43 bits per heavy atom. The standard InChI is InChI=1S/C18H22O5/c19-11-15(7-13-3-1-5-16(21)8-13)18(23,12-20)10-14-4-2-6-17(22)9-14/h1-6,8-9,15,19-23H,7,10-12H2. The average molecular weight is 318 g/mol. The molecule has 0 radical (unpaired) electrons. The molecule has 0 aliphatic heterocycles. The van der Waals surface area contributed by atoms with E-state index in [-0.39, 0.29) is 24.5 Å². The summed E-state index contributed by atoms with van der Waals surface area (Å²) in [6.07, 6.45) is 0.405. The molecule has 2 atom stereocenters. The minimum atomic E-state index is -1.53. The molecule has 5 N–H and O–H groups in total. The van der Waals surface area contributed by atoms with Gasteiger partial charge in [0.1, 0.15) is 11.5 Å². The Hall–Kier alpha value is -2.08. The van der Waals surface area contributed by atoms with Crippen LogP contribution in [0.1, 0.15) is 11.1 Å². The fourth-order valence-corrected chi connectivity index (χ4v) is 2.74. The number of hydrogen-bond acceptors (Lipinski definition) is 5. The van der Waals surface area contributed by atoms with E-state index in [0.29, 0.717) is 12.0 Å². The van der Waals surface area contributed by atoms with Crippen LogP contribution in [0.25, 0.3) is 0 Å². The zero-order valence-electron chi connectivity index (χ0n) is 12.8. The number of aliphatic hydroxyl groups excluding tert-OH is 2. The Balaban J connectivity index is 2.20. The Labute approximate surface area is 135 Å². The van der Waals surface area contributed by atoms with E-state index < -0.39 is 18.1 Å². The second-order valence-electron chi connectivity index (χ2n) is 5.86. The molecule has 0 amide bonds. The molecule has 2 rings (SSSR count). The van der Waals surface area contributed by atoms with Gasteiger partial charge in [0.05, 0.1) is 12.2 Å². The molecule has 23 heavy (non-hydrogen) atoms. The lowest BCUT2D eigenvalue weighted by molar-refractivity contribution is -0.0764. The van der Waals surface area contributed by atoms with Gasteiger partial charge in [0.2, 0.25) is 0 Å². The minimum Gasteiger partial charge on any atom is -0.508 e. The van der Waals surface area contributed by atoms with Gasteiger partial charge in [-0.2, -0.15) is 0 Å². The molecule has 2 aromatic carbocycles. The van der Waals surface area contributed by atoms with Crippen LogP contribution in [0.5, 0.6) is 11.5 Å².